The summed E-state index contributed by atoms with van der Waals surface area (Å²) in [5.74, 6) is 0.506. The average molecular weight is 397 g/mol. The summed E-state index contributed by atoms with van der Waals surface area (Å²) in [7, 11) is 0. The molecule has 2 aliphatic heterocycles. The molecule has 0 fully saturated rings. The number of carbonyl (C=O) groups is 2. The van der Waals surface area contributed by atoms with E-state index >= 15 is 0 Å². The van der Waals surface area contributed by atoms with Crippen LogP contribution in [0.1, 0.15) is 58.4 Å². The molecule has 4 rings (SSSR count). The number of allylic oxidation sites excluding steroid dienone is 3. The molecule has 29 heavy (non-hydrogen) atoms. The van der Waals surface area contributed by atoms with Crippen LogP contribution in [0.15, 0.2) is 40.7 Å². The van der Waals surface area contributed by atoms with Crippen molar-refractivity contribution in [1.82, 2.24) is 5.32 Å². The topological polar surface area (TPSA) is 73.9 Å². The molecule has 0 saturated carbocycles. The third-order valence-corrected chi connectivity index (χ3v) is 5.63. The zero-order valence-electron chi connectivity index (χ0n) is 17.4. The fourth-order valence-corrected chi connectivity index (χ4v) is 4.41. The van der Waals surface area contributed by atoms with Crippen LogP contribution in [-0.4, -0.2) is 25.2 Å². The normalized spacial score (nSPS) is 22.3. The lowest BCUT2D eigenvalue weighted by atomic mass is 9.68. The zero-order valence-corrected chi connectivity index (χ0v) is 17.4. The van der Waals surface area contributed by atoms with Gasteiger partial charge in [0.05, 0.1) is 12.2 Å². The number of carbonyl (C=O) groups excluding carboxylic acids is 2. The second-order valence-electron chi connectivity index (χ2n) is 8.68. The lowest BCUT2D eigenvalue weighted by Gasteiger charge is -2.39. The van der Waals surface area contributed by atoms with Crippen LogP contribution in [-0.2, 0) is 14.3 Å². The van der Waals surface area contributed by atoms with E-state index in [0.717, 1.165) is 29.8 Å². The number of benzene rings is 1. The van der Waals surface area contributed by atoms with E-state index in [1.54, 1.807) is 0 Å². The highest BCUT2D eigenvalue weighted by Crippen LogP contribution is 2.48. The number of hydrogen-bond acceptors (Lipinski definition) is 6. The Bertz CT molecular complexity index is 941. The molecular formula is C23H27NO5. The van der Waals surface area contributed by atoms with Gasteiger partial charge >= 0.3 is 5.97 Å². The van der Waals surface area contributed by atoms with E-state index in [1.165, 1.54) is 0 Å². The summed E-state index contributed by atoms with van der Waals surface area (Å²) >= 11 is 0. The minimum absolute atomic E-state index is 0.0692. The predicted molar refractivity (Wildman–Crippen MR) is 107 cm³/mol. The minimum Gasteiger partial charge on any atom is -0.462 e. The Morgan fingerprint density at radius 2 is 2.00 bits per heavy atom. The van der Waals surface area contributed by atoms with E-state index in [4.69, 9.17) is 14.2 Å². The van der Waals surface area contributed by atoms with Gasteiger partial charge in [0.25, 0.3) is 0 Å². The third-order valence-electron chi connectivity index (χ3n) is 5.63. The highest BCUT2D eigenvalue weighted by Gasteiger charge is 2.43. The van der Waals surface area contributed by atoms with Crippen molar-refractivity contribution in [2.45, 2.75) is 52.9 Å². The van der Waals surface area contributed by atoms with Crippen molar-refractivity contribution >= 4 is 11.8 Å². The maximum Gasteiger partial charge on any atom is 0.336 e. The summed E-state index contributed by atoms with van der Waals surface area (Å²) in [5.41, 5.74) is 3.50. The molecule has 2 heterocycles. The molecule has 1 N–H and O–H groups in total. The number of ketones is 1. The second-order valence-corrected chi connectivity index (χ2v) is 8.68. The summed E-state index contributed by atoms with van der Waals surface area (Å²) in [5, 5.41) is 3.35. The summed E-state index contributed by atoms with van der Waals surface area (Å²) in [6.45, 7) is 8.53. The number of fused-ring (bicyclic) bond motifs is 1. The molecule has 0 unspecified atom stereocenters. The lowest BCUT2D eigenvalue weighted by Crippen LogP contribution is -2.38. The quantitative estimate of drug-likeness (QED) is 0.775. The van der Waals surface area contributed by atoms with Crippen molar-refractivity contribution < 1.29 is 23.8 Å². The van der Waals surface area contributed by atoms with Crippen molar-refractivity contribution in [3.05, 3.63) is 46.3 Å². The fraction of sp³-hybridized carbons (Fsp3) is 0.478. The van der Waals surface area contributed by atoms with Crippen molar-refractivity contribution in [3.63, 3.8) is 0 Å². The standard InChI is InChI=1S/C23H27NO5/c1-5-8-27-22(26)19-13(2)24-15-10-23(3,4)11-16(25)21(15)20(19)14-6-7-17-18(9-14)29-12-28-17/h6-7,9,20,24H,5,8,10-12H2,1-4H3/t20-/m1/s1. The molecule has 1 aliphatic carbocycles. The molecule has 1 atom stereocenters. The van der Waals surface area contributed by atoms with Crippen LogP contribution in [0.2, 0.25) is 0 Å². The van der Waals surface area contributed by atoms with E-state index in [1.807, 2.05) is 32.0 Å². The van der Waals surface area contributed by atoms with E-state index in [-0.39, 0.29) is 24.0 Å². The molecule has 6 nitrogen and oxygen atoms in total. The maximum absolute atomic E-state index is 13.2. The Kier molecular flexibility index (Phi) is 4.89. The number of rotatable bonds is 4. The van der Waals surface area contributed by atoms with Gasteiger partial charge in [-0.15, -0.1) is 0 Å². The molecule has 154 valence electrons. The highest BCUT2D eigenvalue weighted by molar-refractivity contribution is 6.04. The second kappa shape index (κ2) is 7.25. The summed E-state index contributed by atoms with van der Waals surface area (Å²) in [6, 6.07) is 5.61. The van der Waals surface area contributed by atoms with Crippen LogP contribution in [0.25, 0.3) is 0 Å². The van der Waals surface area contributed by atoms with E-state index in [9.17, 15) is 9.59 Å². The molecule has 1 aromatic carbocycles. The van der Waals surface area contributed by atoms with Crippen LogP contribution in [0.4, 0.5) is 0 Å². The zero-order chi connectivity index (χ0) is 20.8. The minimum atomic E-state index is -0.478. The monoisotopic (exact) mass is 397 g/mol. The fourth-order valence-electron chi connectivity index (χ4n) is 4.41. The van der Waals surface area contributed by atoms with Gasteiger partial charge in [0.1, 0.15) is 0 Å². The number of ether oxygens (including phenoxy) is 3. The molecule has 3 aliphatic rings. The van der Waals surface area contributed by atoms with Crippen molar-refractivity contribution in [2.75, 3.05) is 13.4 Å². The van der Waals surface area contributed by atoms with Crippen molar-refractivity contribution in [2.24, 2.45) is 5.41 Å². The number of hydrogen-bond donors (Lipinski definition) is 1. The largest absolute Gasteiger partial charge is 0.462 e. The van der Waals surface area contributed by atoms with Crippen molar-refractivity contribution in [1.29, 1.82) is 0 Å². The van der Waals surface area contributed by atoms with Gasteiger partial charge in [-0.25, -0.2) is 4.79 Å². The lowest BCUT2D eigenvalue weighted by molar-refractivity contribution is -0.139. The number of Topliss-reactive ketones (excluding diaryl/α,β-unsaturated/α-hetero) is 1. The molecule has 0 aromatic heterocycles. The third kappa shape index (κ3) is 3.52. The maximum atomic E-state index is 13.2. The van der Waals surface area contributed by atoms with Gasteiger partial charge in [0, 0.05) is 29.3 Å². The average Bonchev–Trinajstić information content (AvgIpc) is 3.11. The molecule has 0 amide bonds. The summed E-state index contributed by atoms with van der Waals surface area (Å²) in [6.07, 6.45) is 1.94. The molecular weight excluding hydrogens is 370 g/mol. The summed E-state index contributed by atoms with van der Waals surface area (Å²) in [4.78, 5) is 26.2. The molecule has 0 spiro atoms. The first-order chi connectivity index (χ1) is 13.8. The molecule has 0 bridgehead atoms. The first-order valence-electron chi connectivity index (χ1n) is 10.1. The summed E-state index contributed by atoms with van der Waals surface area (Å²) < 4.78 is 16.4. The Balaban J connectivity index is 1.84. The SMILES string of the molecule is CCCOC(=O)C1=C(C)NC2=C(C(=O)CC(C)(C)C2)[C@@H]1c1ccc2c(c1)OCO2. The van der Waals surface area contributed by atoms with Gasteiger partial charge in [-0.3, -0.25) is 4.79 Å². The number of nitrogens with one attached hydrogen (secondary N) is 1. The first kappa shape index (κ1) is 19.6. The molecule has 6 heteroatoms. The smallest absolute Gasteiger partial charge is 0.336 e. The van der Waals surface area contributed by atoms with E-state index < -0.39 is 5.92 Å². The van der Waals surface area contributed by atoms with Gasteiger partial charge < -0.3 is 19.5 Å². The first-order valence-corrected chi connectivity index (χ1v) is 10.1. The van der Waals surface area contributed by atoms with Gasteiger partial charge in [-0.2, -0.15) is 0 Å². The van der Waals surface area contributed by atoms with Gasteiger partial charge in [-0.05, 0) is 42.9 Å². The molecule has 0 radical (unpaired) electrons. The van der Waals surface area contributed by atoms with Crippen LogP contribution in [0.5, 0.6) is 11.5 Å². The highest BCUT2D eigenvalue weighted by atomic mass is 16.7. The van der Waals surface area contributed by atoms with Gasteiger partial charge in [-0.1, -0.05) is 26.8 Å². The number of esters is 1. The number of dihydropyridines is 1. The van der Waals surface area contributed by atoms with Gasteiger partial charge in [0.2, 0.25) is 6.79 Å². The Morgan fingerprint density at radius 3 is 2.76 bits per heavy atom. The molecule has 0 saturated heterocycles. The Labute approximate surface area is 170 Å². The van der Waals surface area contributed by atoms with Gasteiger partial charge in [0.15, 0.2) is 17.3 Å². The van der Waals surface area contributed by atoms with Crippen LogP contribution in [0, 0.1) is 5.41 Å². The van der Waals surface area contributed by atoms with E-state index in [2.05, 4.69) is 19.2 Å². The van der Waals surface area contributed by atoms with Crippen molar-refractivity contribution in [3.8, 4) is 11.5 Å². The molecule has 1 aromatic rings. The van der Waals surface area contributed by atoms with Crippen LogP contribution in [0.3, 0.4) is 0 Å². The van der Waals surface area contributed by atoms with Crippen LogP contribution < -0.4 is 14.8 Å². The predicted octanol–water partition coefficient (Wildman–Crippen LogP) is 3.97. The Hall–Kier alpha value is -2.76. The van der Waals surface area contributed by atoms with E-state index in [0.29, 0.717) is 35.7 Å². The van der Waals surface area contributed by atoms with Crippen LogP contribution >= 0.6 is 0 Å². The Morgan fingerprint density at radius 1 is 1.24 bits per heavy atom.